The summed E-state index contributed by atoms with van der Waals surface area (Å²) in [7, 11) is 0. The summed E-state index contributed by atoms with van der Waals surface area (Å²) in [6.07, 6.45) is -0.221. The van der Waals surface area contributed by atoms with E-state index in [9.17, 15) is 13.6 Å². The Morgan fingerprint density at radius 3 is 2.85 bits per heavy atom. The quantitative estimate of drug-likeness (QED) is 0.885. The fourth-order valence-electron chi connectivity index (χ4n) is 2.20. The van der Waals surface area contributed by atoms with Gasteiger partial charge in [-0.3, -0.25) is 4.79 Å². The Balaban J connectivity index is 2.01. The number of hydrogen-bond acceptors (Lipinski definition) is 3. The zero-order valence-electron chi connectivity index (χ0n) is 11.5. The third kappa shape index (κ3) is 3.32. The van der Waals surface area contributed by atoms with Crippen molar-refractivity contribution in [1.82, 2.24) is 10.6 Å². The number of morpholine rings is 1. The molecular formula is C14H18F2N2O2. The van der Waals surface area contributed by atoms with Crippen LogP contribution >= 0.6 is 0 Å². The van der Waals surface area contributed by atoms with Gasteiger partial charge in [0.15, 0.2) is 11.6 Å². The Bertz CT molecular complexity index is 496. The van der Waals surface area contributed by atoms with Gasteiger partial charge in [0.05, 0.1) is 18.8 Å². The Kier molecular flexibility index (Phi) is 4.67. The van der Waals surface area contributed by atoms with Gasteiger partial charge in [0.1, 0.15) is 6.04 Å². The molecule has 6 heteroatoms. The van der Waals surface area contributed by atoms with Crippen LogP contribution in [0, 0.1) is 11.6 Å². The van der Waals surface area contributed by atoms with Crippen LogP contribution in [-0.4, -0.2) is 31.2 Å². The normalized spacial score (nSPS) is 24.2. The number of ether oxygens (including phenoxy) is 1. The SMILES string of the molecule is CC(NC(=O)[C@H]1NCCO[C@@H]1C)c1ccc(F)c(F)c1. The molecule has 2 N–H and O–H groups in total. The summed E-state index contributed by atoms with van der Waals surface area (Å²) in [5.41, 5.74) is 0.515. The first-order chi connectivity index (χ1) is 9.49. The highest BCUT2D eigenvalue weighted by Crippen LogP contribution is 2.16. The lowest BCUT2D eigenvalue weighted by Crippen LogP contribution is -2.55. The lowest BCUT2D eigenvalue weighted by Gasteiger charge is -2.30. The summed E-state index contributed by atoms with van der Waals surface area (Å²) in [5.74, 6) is -2.03. The number of amides is 1. The molecule has 0 aliphatic carbocycles. The molecule has 1 amide bonds. The van der Waals surface area contributed by atoms with Gasteiger partial charge in [-0.25, -0.2) is 8.78 Å². The largest absolute Gasteiger partial charge is 0.375 e. The molecule has 1 fully saturated rings. The lowest BCUT2D eigenvalue weighted by atomic mass is 10.1. The minimum absolute atomic E-state index is 0.213. The van der Waals surface area contributed by atoms with E-state index in [1.807, 2.05) is 6.92 Å². The number of benzene rings is 1. The molecule has 0 aromatic heterocycles. The van der Waals surface area contributed by atoms with Crippen molar-refractivity contribution in [3.05, 3.63) is 35.4 Å². The monoisotopic (exact) mass is 284 g/mol. The van der Waals surface area contributed by atoms with Crippen LogP contribution < -0.4 is 10.6 Å². The molecule has 2 rings (SSSR count). The average molecular weight is 284 g/mol. The Morgan fingerprint density at radius 1 is 1.45 bits per heavy atom. The number of hydrogen-bond donors (Lipinski definition) is 2. The van der Waals surface area contributed by atoms with Crippen molar-refractivity contribution in [1.29, 1.82) is 0 Å². The molecule has 0 bridgehead atoms. The van der Waals surface area contributed by atoms with E-state index in [0.717, 1.165) is 12.1 Å². The molecule has 1 heterocycles. The first-order valence-corrected chi connectivity index (χ1v) is 6.59. The van der Waals surface area contributed by atoms with Gasteiger partial charge < -0.3 is 15.4 Å². The molecule has 3 atom stereocenters. The summed E-state index contributed by atoms with van der Waals surface area (Å²) in [6.45, 7) is 4.73. The highest BCUT2D eigenvalue weighted by Gasteiger charge is 2.29. The molecule has 0 spiro atoms. The van der Waals surface area contributed by atoms with E-state index in [1.165, 1.54) is 6.07 Å². The molecule has 1 saturated heterocycles. The molecule has 0 saturated carbocycles. The molecule has 1 aromatic rings. The minimum Gasteiger partial charge on any atom is -0.375 e. The molecular weight excluding hydrogens is 266 g/mol. The second-order valence-electron chi connectivity index (χ2n) is 4.91. The van der Waals surface area contributed by atoms with E-state index in [1.54, 1.807) is 6.92 Å². The Hall–Kier alpha value is -1.53. The molecule has 110 valence electrons. The summed E-state index contributed by atoms with van der Waals surface area (Å²) < 4.78 is 31.5. The highest BCUT2D eigenvalue weighted by molar-refractivity contribution is 5.82. The highest BCUT2D eigenvalue weighted by atomic mass is 19.2. The number of rotatable bonds is 3. The maximum atomic E-state index is 13.2. The standard InChI is InChI=1S/C14H18F2N2O2/c1-8(10-3-4-11(15)12(16)7-10)18-14(19)13-9(2)20-6-5-17-13/h3-4,7-9,13,17H,5-6H2,1-2H3,(H,18,19)/t8?,9-,13+/m1/s1. The molecule has 0 radical (unpaired) electrons. The van der Waals surface area contributed by atoms with Crippen LogP contribution in [0.15, 0.2) is 18.2 Å². The minimum atomic E-state index is -0.920. The summed E-state index contributed by atoms with van der Waals surface area (Å²) in [4.78, 5) is 12.1. The van der Waals surface area contributed by atoms with Crippen LogP contribution in [0.4, 0.5) is 8.78 Å². The van der Waals surface area contributed by atoms with Crippen molar-refractivity contribution in [3.8, 4) is 0 Å². The van der Waals surface area contributed by atoms with E-state index in [0.29, 0.717) is 18.7 Å². The molecule has 20 heavy (non-hydrogen) atoms. The van der Waals surface area contributed by atoms with E-state index in [4.69, 9.17) is 4.74 Å². The van der Waals surface area contributed by atoms with Gasteiger partial charge in [-0.2, -0.15) is 0 Å². The van der Waals surface area contributed by atoms with Crippen LogP contribution in [0.5, 0.6) is 0 Å². The maximum Gasteiger partial charge on any atom is 0.240 e. The van der Waals surface area contributed by atoms with Crippen molar-refractivity contribution < 1.29 is 18.3 Å². The van der Waals surface area contributed by atoms with Crippen LogP contribution in [0.2, 0.25) is 0 Å². The Morgan fingerprint density at radius 2 is 2.20 bits per heavy atom. The fraction of sp³-hybridized carbons (Fsp3) is 0.500. The zero-order valence-corrected chi connectivity index (χ0v) is 11.5. The van der Waals surface area contributed by atoms with Gasteiger partial charge in [0.25, 0.3) is 0 Å². The second kappa shape index (κ2) is 6.28. The van der Waals surface area contributed by atoms with Gasteiger partial charge in [-0.15, -0.1) is 0 Å². The van der Waals surface area contributed by atoms with Gasteiger partial charge in [-0.1, -0.05) is 6.07 Å². The average Bonchev–Trinajstić information content (AvgIpc) is 2.42. The fourth-order valence-corrected chi connectivity index (χ4v) is 2.20. The third-order valence-corrected chi connectivity index (χ3v) is 3.40. The van der Waals surface area contributed by atoms with E-state index >= 15 is 0 Å². The third-order valence-electron chi connectivity index (χ3n) is 3.40. The Labute approximate surface area is 116 Å². The van der Waals surface area contributed by atoms with E-state index in [-0.39, 0.29) is 12.0 Å². The number of carbonyl (C=O) groups excluding carboxylic acids is 1. The smallest absolute Gasteiger partial charge is 0.240 e. The van der Waals surface area contributed by atoms with Crippen molar-refractivity contribution in [2.45, 2.75) is 32.0 Å². The second-order valence-corrected chi connectivity index (χ2v) is 4.91. The number of halogens is 2. The van der Waals surface area contributed by atoms with Crippen molar-refractivity contribution in [2.75, 3.05) is 13.2 Å². The van der Waals surface area contributed by atoms with Crippen molar-refractivity contribution in [3.63, 3.8) is 0 Å². The summed E-state index contributed by atoms with van der Waals surface area (Å²) in [5, 5.41) is 5.85. The molecule has 1 aliphatic heterocycles. The van der Waals surface area contributed by atoms with Gasteiger partial charge in [0, 0.05) is 6.54 Å². The van der Waals surface area contributed by atoms with Crippen LogP contribution in [0.3, 0.4) is 0 Å². The van der Waals surface area contributed by atoms with Gasteiger partial charge in [0.2, 0.25) is 5.91 Å². The molecule has 4 nitrogen and oxygen atoms in total. The molecule has 1 aliphatic rings. The van der Waals surface area contributed by atoms with Gasteiger partial charge >= 0.3 is 0 Å². The predicted octanol–water partition coefficient (Wildman–Crippen LogP) is 1.52. The number of carbonyl (C=O) groups is 1. The molecule has 1 unspecified atom stereocenters. The van der Waals surface area contributed by atoms with Crippen LogP contribution in [0.1, 0.15) is 25.5 Å². The topological polar surface area (TPSA) is 50.4 Å². The first-order valence-electron chi connectivity index (χ1n) is 6.59. The number of nitrogens with one attached hydrogen (secondary N) is 2. The summed E-state index contributed by atoms with van der Waals surface area (Å²) in [6, 6.07) is 2.76. The van der Waals surface area contributed by atoms with Crippen LogP contribution in [-0.2, 0) is 9.53 Å². The van der Waals surface area contributed by atoms with Crippen LogP contribution in [0.25, 0.3) is 0 Å². The maximum absolute atomic E-state index is 13.2. The zero-order chi connectivity index (χ0) is 14.7. The molecule has 1 aromatic carbocycles. The summed E-state index contributed by atoms with van der Waals surface area (Å²) >= 11 is 0. The van der Waals surface area contributed by atoms with E-state index < -0.39 is 23.7 Å². The van der Waals surface area contributed by atoms with E-state index in [2.05, 4.69) is 10.6 Å². The first kappa shape index (κ1) is 14.9. The predicted molar refractivity (Wildman–Crippen MR) is 70.1 cm³/mol. The van der Waals surface area contributed by atoms with Crippen molar-refractivity contribution >= 4 is 5.91 Å². The van der Waals surface area contributed by atoms with Crippen molar-refractivity contribution in [2.24, 2.45) is 0 Å². The lowest BCUT2D eigenvalue weighted by molar-refractivity contribution is -0.129. The van der Waals surface area contributed by atoms with Gasteiger partial charge in [-0.05, 0) is 31.5 Å².